The molecule has 0 atom stereocenters. The molecule has 14 heavy (non-hydrogen) atoms. The number of phosphoric acid groups is 1. The maximum Gasteiger partial charge on any atom is 0.475 e. The van der Waals surface area contributed by atoms with E-state index in [1.807, 2.05) is 0 Å². The van der Waals surface area contributed by atoms with E-state index in [2.05, 4.69) is 17.7 Å². The summed E-state index contributed by atoms with van der Waals surface area (Å²) < 4.78 is 37.5. The first-order valence-electron chi connectivity index (χ1n) is 4.00. The molecule has 0 amide bonds. The van der Waals surface area contributed by atoms with Crippen molar-refractivity contribution >= 4 is 7.82 Å². The summed E-state index contributed by atoms with van der Waals surface area (Å²) in [5, 5.41) is 0. The second-order valence-electron chi connectivity index (χ2n) is 2.14. The van der Waals surface area contributed by atoms with Crippen LogP contribution in [-0.2, 0) is 18.1 Å². The van der Waals surface area contributed by atoms with E-state index in [0.29, 0.717) is 0 Å². The summed E-state index contributed by atoms with van der Waals surface area (Å²) in [6.45, 7) is 5.70. The third-order valence-corrected chi connectivity index (χ3v) is 2.46. The van der Waals surface area contributed by atoms with Crippen molar-refractivity contribution in [1.29, 1.82) is 0 Å². The van der Waals surface area contributed by atoms with Crippen LogP contribution in [-0.4, -0.2) is 26.5 Å². The molecule has 0 aromatic heterocycles. The smallest absolute Gasteiger partial charge is 0.284 e. The van der Waals surface area contributed by atoms with Gasteiger partial charge in [-0.3, -0.25) is 13.6 Å². The molecule has 0 saturated heterocycles. The molecule has 82 valence electrons. The Labute approximate surface area is 83.0 Å². The summed E-state index contributed by atoms with van der Waals surface area (Å²) in [7, 11) is -3.65. The van der Waals surface area contributed by atoms with Gasteiger partial charge in [0.15, 0.2) is 0 Å². The maximum absolute atomic E-state index is 11.8. The molecule has 0 bridgehead atoms. The molecule has 0 saturated carbocycles. The Hall–Kier alpha value is -0.480. The Morgan fingerprint density at radius 3 is 2.00 bits per heavy atom. The molecule has 6 heteroatoms. The minimum Gasteiger partial charge on any atom is -0.284 e. The zero-order valence-electron chi connectivity index (χ0n) is 7.86. The van der Waals surface area contributed by atoms with Gasteiger partial charge in [0.2, 0.25) is 0 Å². The van der Waals surface area contributed by atoms with E-state index >= 15 is 0 Å². The molecule has 0 aromatic rings. The molecule has 0 unspecified atom stereocenters. The molecular weight excluding hydrogens is 210 g/mol. The highest BCUT2D eigenvalue weighted by Gasteiger charge is 2.25. The first-order chi connectivity index (χ1) is 6.68. The highest BCUT2D eigenvalue weighted by molar-refractivity contribution is 7.48. The maximum atomic E-state index is 11.8. The van der Waals surface area contributed by atoms with Crippen LogP contribution in [0.2, 0.25) is 0 Å². The molecular formula is C8H14FO4P. The fraction of sp³-hybridized carbons (Fsp3) is 0.500. The molecule has 0 aliphatic heterocycles. The second kappa shape index (κ2) is 7.88. The van der Waals surface area contributed by atoms with Crippen LogP contribution in [0.1, 0.15) is 0 Å². The Morgan fingerprint density at radius 1 is 1.14 bits per heavy atom. The van der Waals surface area contributed by atoms with Crippen LogP contribution in [0.15, 0.2) is 25.3 Å². The summed E-state index contributed by atoms with van der Waals surface area (Å²) in [6, 6.07) is 0. The lowest BCUT2D eigenvalue weighted by Gasteiger charge is -2.15. The topological polar surface area (TPSA) is 44.8 Å². The first kappa shape index (κ1) is 13.5. The molecule has 0 aromatic carbocycles. The summed E-state index contributed by atoms with van der Waals surface area (Å²) in [4.78, 5) is 0. The molecule has 0 radical (unpaired) electrons. The molecule has 0 heterocycles. The summed E-state index contributed by atoms with van der Waals surface area (Å²) >= 11 is 0. The minimum atomic E-state index is -3.65. The fourth-order valence-electron chi connectivity index (χ4n) is 0.546. The Balaban J connectivity index is 4.09. The highest BCUT2D eigenvalue weighted by atomic mass is 31.2. The van der Waals surface area contributed by atoms with E-state index in [-0.39, 0.29) is 19.8 Å². The summed E-state index contributed by atoms with van der Waals surface area (Å²) in [6.07, 6.45) is 2.78. The van der Waals surface area contributed by atoms with Gasteiger partial charge in [0, 0.05) is 0 Å². The van der Waals surface area contributed by atoms with E-state index in [0.717, 1.165) is 0 Å². The van der Waals surface area contributed by atoms with Crippen molar-refractivity contribution in [3.8, 4) is 0 Å². The van der Waals surface area contributed by atoms with Crippen LogP contribution in [0.3, 0.4) is 0 Å². The quantitative estimate of drug-likeness (QED) is 0.446. The monoisotopic (exact) mass is 224 g/mol. The van der Waals surface area contributed by atoms with Crippen LogP contribution in [0, 0.1) is 0 Å². The molecule has 0 aliphatic carbocycles. The molecule has 0 fully saturated rings. The van der Waals surface area contributed by atoms with Crippen LogP contribution < -0.4 is 0 Å². The SMILES string of the molecule is C=CCOP(=O)(OCC=C)OCCF. The number of alkyl halides is 1. The Bertz CT molecular complexity index is 203. The van der Waals surface area contributed by atoms with Crippen molar-refractivity contribution in [2.45, 2.75) is 0 Å². The molecule has 0 spiro atoms. The fourth-order valence-corrected chi connectivity index (χ4v) is 1.64. The lowest BCUT2D eigenvalue weighted by atomic mass is 10.7. The third-order valence-electron chi connectivity index (χ3n) is 1.03. The first-order valence-corrected chi connectivity index (χ1v) is 5.46. The van der Waals surface area contributed by atoms with E-state index in [4.69, 9.17) is 9.05 Å². The van der Waals surface area contributed by atoms with Crippen LogP contribution in [0.4, 0.5) is 4.39 Å². The van der Waals surface area contributed by atoms with Gasteiger partial charge in [-0.25, -0.2) is 8.96 Å². The average molecular weight is 224 g/mol. The third kappa shape index (κ3) is 6.05. The van der Waals surface area contributed by atoms with Crippen molar-refractivity contribution in [1.82, 2.24) is 0 Å². The predicted molar refractivity (Wildman–Crippen MR) is 51.8 cm³/mol. The van der Waals surface area contributed by atoms with Gasteiger partial charge < -0.3 is 0 Å². The average Bonchev–Trinajstić information content (AvgIpc) is 2.21. The molecule has 0 aliphatic rings. The molecule has 0 N–H and O–H groups in total. The molecule has 4 nitrogen and oxygen atoms in total. The normalized spacial score (nSPS) is 11.2. The van der Waals surface area contributed by atoms with Crippen LogP contribution >= 0.6 is 7.82 Å². The molecule has 0 rings (SSSR count). The van der Waals surface area contributed by atoms with Crippen LogP contribution in [0.25, 0.3) is 0 Å². The van der Waals surface area contributed by atoms with Gasteiger partial charge in [-0.15, -0.1) is 13.2 Å². The van der Waals surface area contributed by atoms with Crippen molar-refractivity contribution in [2.75, 3.05) is 26.5 Å². The minimum absolute atomic E-state index is 0.0146. The number of hydrogen-bond donors (Lipinski definition) is 0. The van der Waals surface area contributed by atoms with E-state index in [1.165, 1.54) is 12.2 Å². The van der Waals surface area contributed by atoms with Gasteiger partial charge in [0.05, 0.1) is 19.8 Å². The number of phosphoric ester groups is 1. The lowest BCUT2D eigenvalue weighted by molar-refractivity contribution is 0.124. The summed E-state index contributed by atoms with van der Waals surface area (Å²) in [5.41, 5.74) is 0. The lowest BCUT2D eigenvalue weighted by Crippen LogP contribution is -2.02. The van der Waals surface area contributed by atoms with Gasteiger partial charge in [0.25, 0.3) is 0 Å². The van der Waals surface area contributed by atoms with Crippen molar-refractivity contribution in [3.63, 3.8) is 0 Å². The van der Waals surface area contributed by atoms with Crippen molar-refractivity contribution in [2.24, 2.45) is 0 Å². The van der Waals surface area contributed by atoms with Gasteiger partial charge in [-0.2, -0.15) is 0 Å². The zero-order valence-corrected chi connectivity index (χ0v) is 8.75. The van der Waals surface area contributed by atoms with E-state index in [9.17, 15) is 8.96 Å². The Morgan fingerprint density at radius 2 is 1.64 bits per heavy atom. The van der Waals surface area contributed by atoms with Gasteiger partial charge >= 0.3 is 7.82 Å². The van der Waals surface area contributed by atoms with E-state index < -0.39 is 14.5 Å². The Kier molecular flexibility index (Phi) is 7.61. The van der Waals surface area contributed by atoms with E-state index in [1.54, 1.807) is 0 Å². The predicted octanol–water partition coefficient (Wildman–Crippen LogP) is 2.49. The van der Waals surface area contributed by atoms with Gasteiger partial charge in [-0.05, 0) is 0 Å². The second-order valence-corrected chi connectivity index (χ2v) is 3.81. The highest BCUT2D eigenvalue weighted by Crippen LogP contribution is 2.49. The van der Waals surface area contributed by atoms with Crippen LogP contribution in [0.5, 0.6) is 0 Å². The largest absolute Gasteiger partial charge is 0.475 e. The summed E-state index contributed by atoms with van der Waals surface area (Å²) in [5.74, 6) is 0. The standard InChI is InChI=1S/C8H14FO4P/c1-3-6-11-14(10,12-7-4-2)13-8-5-9/h3-4H,1-2,5-8H2. The van der Waals surface area contributed by atoms with Gasteiger partial charge in [0.1, 0.15) is 6.67 Å². The van der Waals surface area contributed by atoms with Crippen molar-refractivity contribution < 1.29 is 22.5 Å². The zero-order chi connectivity index (χ0) is 10.9. The van der Waals surface area contributed by atoms with Gasteiger partial charge in [-0.1, -0.05) is 12.2 Å². The number of hydrogen-bond acceptors (Lipinski definition) is 4. The van der Waals surface area contributed by atoms with Crippen molar-refractivity contribution in [3.05, 3.63) is 25.3 Å². The number of halogens is 1. The number of rotatable bonds is 9.